The summed E-state index contributed by atoms with van der Waals surface area (Å²) in [5.41, 5.74) is -5.64. The van der Waals surface area contributed by atoms with Gasteiger partial charge in [-0.1, -0.05) is 12.1 Å². The van der Waals surface area contributed by atoms with Gasteiger partial charge in [0.15, 0.2) is 0 Å². The zero-order chi connectivity index (χ0) is 61.9. The number of carbonyl (C=O) groups is 6. The molecule has 0 fully saturated rings. The maximum absolute atomic E-state index is 13.2. The molecule has 0 unspecified atom stereocenters. The number of carbonyl (C=O) groups excluding carboxylic acids is 3. The summed E-state index contributed by atoms with van der Waals surface area (Å²) in [6.07, 6.45) is -26.2. The number of nitrogens with one attached hydrogen (secondary N) is 1. The van der Waals surface area contributed by atoms with Gasteiger partial charge in [-0.15, -0.1) is 0 Å². The molecule has 4 N–H and O–H groups in total. The number of anilines is 2. The highest BCUT2D eigenvalue weighted by molar-refractivity contribution is 5.98. The molecule has 2 aliphatic rings. The van der Waals surface area contributed by atoms with Crippen LogP contribution in [0.5, 0.6) is 11.5 Å². The van der Waals surface area contributed by atoms with E-state index in [-0.39, 0.29) is 62.0 Å². The Morgan fingerprint density at radius 1 is 0.549 bits per heavy atom. The van der Waals surface area contributed by atoms with Crippen LogP contribution in [0.15, 0.2) is 72.8 Å². The first-order chi connectivity index (χ1) is 37.6. The van der Waals surface area contributed by atoms with Crippen LogP contribution in [-0.2, 0) is 79.5 Å². The van der Waals surface area contributed by atoms with Crippen LogP contribution in [0.2, 0.25) is 0 Å². The van der Waals surface area contributed by atoms with Gasteiger partial charge in [-0.05, 0) is 117 Å². The van der Waals surface area contributed by atoms with Gasteiger partial charge >= 0.3 is 54.9 Å². The summed E-state index contributed by atoms with van der Waals surface area (Å²) in [6.45, 7) is 4.14. The minimum atomic E-state index is -5.21. The Kier molecular flexibility index (Phi) is 21.7. The molecule has 0 bridgehead atoms. The number of aliphatic carboxylic acids is 3. The van der Waals surface area contributed by atoms with Gasteiger partial charge in [-0.25, -0.2) is 9.59 Å². The molecule has 2 heterocycles. The second kappa shape index (κ2) is 26.7. The van der Waals surface area contributed by atoms with Crippen molar-refractivity contribution in [3.8, 4) is 11.5 Å². The van der Waals surface area contributed by atoms with Crippen LogP contribution in [0, 0.1) is 0 Å². The summed E-state index contributed by atoms with van der Waals surface area (Å²) in [4.78, 5) is 72.4. The molecule has 4 aromatic rings. The third-order valence-electron chi connectivity index (χ3n) is 11.3. The van der Waals surface area contributed by atoms with Crippen LogP contribution in [0.4, 0.5) is 82.0 Å². The zero-order valence-electron chi connectivity index (χ0n) is 42.9. The first-order valence-electron chi connectivity index (χ1n) is 23.7. The number of carboxylic acids is 3. The highest BCUT2D eigenvalue weighted by atomic mass is 19.4. The van der Waals surface area contributed by atoms with Crippen LogP contribution < -0.4 is 24.6 Å². The highest BCUT2D eigenvalue weighted by Gasteiger charge is 2.45. The number of rotatable bonds is 16. The molecular weight excluding hydrogens is 1150 g/mol. The molecule has 0 saturated heterocycles. The molecule has 0 atom stereocenters. The van der Waals surface area contributed by atoms with Gasteiger partial charge in [-0.3, -0.25) is 24.1 Å². The third kappa shape index (κ3) is 19.9. The maximum atomic E-state index is 13.2. The third-order valence-corrected chi connectivity index (χ3v) is 11.3. The lowest BCUT2D eigenvalue weighted by Crippen LogP contribution is -2.45. The number of ether oxygens (including phenoxy) is 3. The van der Waals surface area contributed by atoms with E-state index in [9.17, 15) is 89.8 Å². The molecule has 0 spiro atoms. The van der Waals surface area contributed by atoms with E-state index in [1.807, 2.05) is 0 Å². The summed E-state index contributed by atoms with van der Waals surface area (Å²) in [5, 5.41) is 27.5. The molecule has 450 valence electrons. The Balaban J connectivity index is 0.000000319. The molecule has 6 rings (SSSR count). The number of hydrogen-bond acceptors (Lipinski definition) is 10. The van der Waals surface area contributed by atoms with E-state index in [2.05, 4.69) is 5.32 Å². The average Bonchev–Trinajstić information content (AvgIpc) is 3.73. The van der Waals surface area contributed by atoms with Gasteiger partial charge in [-0.2, -0.15) is 65.9 Å². The Bertz CT molecular complexity index is 2950. The predicted molar refractivity (Wildman–Crippen MR) is 255 cm³/mol. The summed E-state index contributed by atoms with van der Waals surface area (Å²) in [5.74, 6) is -5.11. The Morgan fingerprint density at radius 3 is 1.32 bits per heavy atom. The lowest BCUT2D eigenvalue weighted by atomic mass is 10.0. The van der Waals surface area contributed by atoms with E-state index in [0.29, 0.717) is 66.3 Å². The number of halogens is 15. The van der Waals surface area contributed by atoms with E-state index < -0.39 is 108 Å². The average molecular weight is 1190 g/mol. The standard InChI is InChI=1S/C27H28F6N2O6.C22H20F6N2O4.C2HF3O2/c1-25(2,3)41-24(39)34(10-9-23(37)38)14-22(36)35-11-8-17-13-18(5-7-21(17)35)40-15-16-4-6-19(26(28,29)30)20(12-16)27(31,32)33;23-21(24,25)16-3-1-13(9-17(16)22(26,27)28)12-34-15-2-4-18-14(10-15)6-8-30(18)19(31)11-29-7-5-20(32)33;3-2(4,5)1(6)7/h4-7,12-13H,8-11,14-15H2,1-3H3,(H,37,38);1-4,9-10,29H,5-8,11-12H2,(H,32,33);(H,6,7). The molecule has 16 nitrogen and oxygen atoms in total. The van der Waals surface area contributed by atoms with Gasteiger partial charge in [0.05, 0.1) is 41.6 Å². The minimum absolute atomic E-state index is 0.0412. The van der Waals surface area contributed by atoms with E-state index >= 15 is 0 Å². The monoisotopic (exact) mass is 1190 g/mol. The normalized spacial score (nSPS) is 13.4. The van der Waals surface area contributed by atoms with Gasteiger partial charge < -0.3 is 44.6 Å². The quantitative estimate of drug-likeness (QED) is 0.0608. The van der Waals surface area contributed by atoms with Gasteiger partial charge in [0.25, 0.3) is 0 Å². The fraction of sp³-hybridized carbons (Fsp3) is 0.412. The van der Waals surface area contributed by atoms with Crippen molar-refractivity contribution in [1.29, 1.82) is 0 Å². The summed E-state index contributed by atoms with van der Waals surface area (Å²) in [6, 6.07) is 12.7. The number of amides is 3. The lowest BCUT2D eigenvalue weighted by Gasteiger charge is -2.28. The zero-order valence-corrected chi connectivity index (χ0v) is 42.9. The minimum Gasteiger partial charge on any atom is -0.489 e. The number of benzene rings is 4. The van der Waals surface area contributed by atoms with Gasteiger partial charge in [0, 0.05) is 37.6 Å². The van der Waals surface area contributed by atoms with Crippen molar-refractivity contribution in [3.05, 3.63) is 117 Å². The van der Waals surface area contributed by atoms with Crippen molar-refractivity contribution < 1.29 is 124 Å². The summed E-state index contributed by atoms with van der Waals surface area (Å²) >= 11 is 0. The van der Waals surface area contributed by atoms with E-state index in [4.69, 9.17) is 34.3 Å². The molecule has 4 aromatic carbocycles. The van der Waals surface area contributed by atoms with Crippen LogP contribution >= 0.6 is 0 Å². The number of nitrogens with zero attached hydrogens (tertiary/aromatic N) is 3. The first kappa shape index (κ1) is 66.5. The smallest absolute Gasteiger partial charge is 0.489 e. The predicted octanol–water partition coefficient (Wildman–Crippen LogP) is 10.8. The van der Waals surface area contributed by atoms with Crippen LogP contribution in [-0.4, -0.2) is 107 Å². The lowest BCUT2D eigenvalue weighted by molar-refractivity contribution is -0.192. The fourth-order valence-electron chi connectivity index (χ4n) is 7.64. The second-order valence-electron chi connectivity index (χ2n) is 18.7. The Hall–Kier alpha value is -7.99. The van der Waals surface area contributed by atoms with Crippen LogP contribution in [0.1, 0.15) is 78.1 Å². The van der Waals surface area contributed by atoms with Gasteiger partial charge in [0.1, 0.15) is 36.9 Å². The number of fused-ring (bicyclic) bond motifs is 2. The summed E-state index contributed by atoms with van der Waals surface area (Å²) in [7, 11) is 0. The molecular formula is C51H49F15N4O12. The molecule has 0 saturated carbocycles. The van der Waals surface area contributed by atoms with Crippen molar-refractivity contribution in [2.24, 2.45) is 0 Å². The summed E-state index contributed by atoms with van der Waals surface area (Å²) < 4.78 is 205. The van der Waals surface area contributed by atoms with E-state index in [1.54, 1.807) is 45.0 Å². The van der Waals surface area contributed by atoms with Crippen LogP contribution in [0.3, 0.4) is 0 Å². The van der Waals surface area contributed by atoms with E-state index in [1.165, 1.54) is 21.9 Å². The van der Waals surface area contributed by atoms with Crippen molar-refractivity contribution in [2.75, 3.05) is 49.1 Å². The first-order valence-corrected chi connectivity index (χ1v) is 23.7. The topological polar surface area (TPSA) is 213 Å². The Morgan fingerprint density at radius 2 is 0.951 bits per heavy atom. The van der Waals surface area contributed by atoms with Gasteiger partial charge in [0.2, 0.25) is 11.8 Å². The fourth-order valence-corrected chi connectivity index (χ4v) is 7.64. The number of hydrogen-bond donors (Lipinski definition) is 4. The highest BCUT2D eigenvalue weighted by Crippen LogP contribution is 2.43. The molecule has 0 aromatic heterocycles. The van der Waals surface area contributed by atoms with Crippen molar-refractivity contribution >= 4 is 47.2 Å². The van der Waals surface area contributed by atoms with Crippen molar-refractivity contribution in [1.82, 2.24) is 10.2 Å². The Labute approximate surface area is 454 Å². The molecule has 0 radical (unpaired) electrons. The van der Waals surface area contributed by atoms with Crippen molar-refractivity contribution in [3.63, 3.8) is 0 Å². The van der Waals surface area contributed by atoms with Crippen molar-refractivity contribution in [2.45, 2.75) is 96.2 Å². The second-order valence-corrected chi connectivity index (χ2v) is 18.7. The maximum Gasteiger partial charge on any atom is 0.490 e. The largest absolute Gasteiger partial charge is 0.490 e. The molecule has 2 aliphatic heterocycles. The molecule has 31 heteroatoms. The molecule has 0 aliphatic carbocycles. The number of alkyl halides is 15. The van der Waals surface area contributed by atoms with E-state index in [0.717, 1.165) is 22.6 Å². The SMILES string of the molecule is CC(C)(C)OC(=O)N(CCC(=O)O)CC(=O)N1CCc2cc(OCc3ccc(C(F)(F)F)c(C(F)(F)F)c3)ccc21.O=C(O)C(F)(F)F.O=C(O)CCNCC(=O)N1CCc2cc(OCc3ccc(C(F)(F)F)c(C(F)(F)F)c3)ccc21. The molecule has 3 amide bonds. The molecule has 82 heavy (non-hydrogen) atoms. The van der Waals surface area contributed by atoms with Crippen LogP contribution in [0.25, 0.3) is 0 Å². The number of carboxylic acid groups (broad SMARTS) is 3.